The maximum Gasteiger partial charge on any atom is 0.159 e. The summed E-state index contributed by atoms with van der Waals surface area (Å²) in [7, 11) is 0. The van der Waals surface area contributed by atoms with E-state index >= 15 is 0 Å². The van der Waals surface area contributed by atoms with Gasteiger partial charge in [-0.2, -0.15) is 0 Å². The van der Waals surface area contributed by atoms with E-state index in [1.165, 1.54) is 50.9 Å². The van der Waals surface area contributed by atoms with E-state index in [-0.39, 0.29) is 0 Å². The van der Waals surface area contributed by atoms with Gasteiger partial charge in [0.2, 0.25) is 0 Å². The SMILES string of the molecule is Fc1ccc(CN2CCC(C3CCNCC3)CC2)cc1F. The number of nitrogens with one attached hydrogen (secondary N) is 1. The van der Waals surface area contributed by atoms with Crippen molar-refractivity contribution in [2.45, 2.75) is 32.2 Å². The van der Waals surface area contributed by atoms with Crippen LogP contribution in [-0.4, -0.2) is 31.1 Å². The molecule has 116 valence electrons. The number of benzene rings is 1. The first-order chi connectivity index (χ1) is 10.2. The van der Waals surface area contributed by atoms with Crippen molar-refractivity contribution in [2.75, 3.05) is 26.2 Å². The normalized spacial score (nSPS) is 22.6. The van der Waals surface area contributed by atoms with Crippen molar-refractivity contribution in [2.24, 2.45) is 11.8 Å². The van der Waals surface area contributed by atoms with Crippen LogP contribution in [0.4, 0.5) is 8.78 Å². The highest BCUT2D eigenvalue weighted by Crippen LogP contribution is 2.31. The van der Waals surface area contributed by atoms with E-state index in [0.29, 0.717) is 0 Å². The summed E-state index contributed by atoms with van der Waals surface area (Å²) in [5.41, 5.74) is 0.870. The summed E-state index contributed by atoms with van der Waals surface area (Å²) in [6.07, 6.45) is 5.12. The quantitative estimate of drug-likeness (QED) is 0.921. The van der Waals surface area contributed by atoms with Crippen LogP contribution >= 0.6 is 0 Å². The fourth-order valence-corrected chi connectivity index (χ4v) is 3.79. The van der Waals surface area contributed by atoms with Crippen LogP contribution in [0.2, 0.25) is 0 Å². The Morgan fingerprint density at radius 3 is 2.29 bits per heavy atom. The van der Waals surface area contributed by atoms with Gasteiger partial charge in [0, 0.05) is 6.54 Å². The summed E-state index contributed by atoms with van der Waals surface area (Å²) in [5.74, 6) is 0.241. The molecule has 2 fully saturated rings. The highest BCUT2D eigenvalue weighted by Gasteiger charge is 2.27. The number of nitrogens with zero attached hydrogens (tertiary/aromatic N) is 1. The van der Waals surface area contributed by atoms with E-state index in [1.807, 2.05) is 0 Å². The third-order valence-corrected chi connectivity index (χ3v) is 5.07. The molecule has 0 radical (unpaired) electrons. The Balaban J connectivity index is 1.50. The number of likely N-dealkylation sites (tertiary alicyclic amines) is 1. The molecule has 4 heteroatoms. The second-order valence-corrected chi connectivity index (χ2v) is 6.45. The summed E-state index contributed by atoms with van der Waals surface area (Å²) in [6.45, 7) is 5.22. The first kappa shape index (κ1) is 14.9. The minimum Gasteiger partial charge on any atom is -0.317 e. The van der Waals surface area contributed by atoms with E-state index in [9.17, 15) is 8.78 Å². The minimum absolute atomic E-state index is 0.732. The third-order valence-electron chi connectivity index (χ3n) is 5.07. The van der Waals surface area contributed by atoms with Crippen molar-refractivity contribution < 1.29 is 8.78 Å². The van der Waals surface area contributed by atoms with E-state index < -0.39 is 11.6 Å². The first-order valence-corrected chi connectivity index (χ1v) is 8.09. The van der Waals surface area contributed by atoms with Gasteiger partial charge >= 0.3 is 0 Å². The molecule has 1 aromatic carbocycles. The fourth-order valence-electron chi connectivity index (χ4n) is 3.79. The van der Waals surface area contributed by atoms with Crippen LogP contribution in [0.3, 0.4) is 0 Å². The molecule has 0 aliphatic carbocycles. The molecule has 2 heterocycles. The van der Waals surface area contributed by atoms with Crippen LogP contribution in [0.25, 0.3) is 0 Å². The number of hydrogen-bond donors (Lipinski definition) is 1. The van der Waals surface area contributed by atoms with E-state index in [0.717, 1.165) is 37.0 Å². The van der Waals surface area contributed by atoms with Crippen LogP contribution < -0.4 is 5.32 Å². The molecule has 1 N–H and O–H groups in total. The highest BCUT2D eigenvalue weighted by molar-refractivity contribution is 5.17. The van der Waals surface area contributed by atoms with E-state index in [4.69, 9.17) is 0 Å². The van der Waals surface area contributed by atoms with Gasteiger partial charge in [0.05, 0.1) is 0 Å². The lowest BCUT2D eigenvalue weighted by molar-refractivity contribution is 0.126. The lowest BCUT2D eigenvalue weighted by Crippen LogP contribution is -2.39. The van der Waals surface area contributed by atoms with Gasteiger partial charge in [-0.1, -0.05) is 6.07 Å². The molecule has 3 rings (SSSR count). The Labute approximate surface area is 125 Å². The molecule has 1 aromatic rings. The number of hydrogen-bond acceptors (Lipinski definition) is 2. The molecule has 0 saturated carbocycles. The molecular formula is C17H24F2N2. The molecule has 21 heavy (non-hydrogen) atoms. The Hall–Kier alpha value is -1.00. The molecule has 0 spiro atoms. The van der Waals surface area contributed by atoms with Gasteiger partial charge in [0.1, 0.15) is 0 Å². The predicted octanol–water partition coefficient (Wildman–Crippen LogP) is 3.18. The maximum atomic E-state index is 13.2. The number of piperidine rings is 2. The molecule has 0 amide bonds. The van der Waals surface area contributed by atoms with Crippen molar-refractivity contribution in [3.05, 3.63) is 35.4 Å². The smallest absolute Gasteiger partial charge is 0.159 e. The summed E-state index contributed by atoms with van der Waals surface area (Å²) in [6, 6.07) is 4.25. The average Bonchev–Trinajstić information content (AvgIpc) is 2.53. The lowest BCUT2D eigenvalue weighted by Gasteiger charge is -2.37. The van der Waals surface area contributed by atoms with Crippen molar-refractivity contribution in [3.63, 3.8) is 0 Å². The van der Waals surface area contributed by atoms with Crippen molar-refractivity contribution in [1.29, 1.82) is 0 Å². The van der Waals surface area contributed by atoms with Crippen molar-refractivity contribution >= 4 is 0 Å². The topological polar surface area (TPSA) is 15.3 Å². The monoisotopic (exact) mass is 294 g/mol. The third kappa shape index (κ3) is 3.80. The van der Waals surface area contributed by atoms with E-state index in [1.54, 1.807) is 6.07 Å². The van der Waals surface area contributed by atoms with E-state index in [2.05, 4.69) is 10.2 Å². The predicted molar refractivity (Wildman–Crippen MR) is 80.0 cm³/mol. The van der Waals surface area contributed by atoms with Gasteiger partial charge in [-0.25, -0.2) is 8.78 Å². The summed E-state index contributed by atoms with van der Waals surface area (Å²) < 4.78 is 26.2. The molecule has 0 unspecified atom stereocenters. The van der Waals surface area contributed by atoms with Crippen LogP contribution in [0.1, 0.15) is 31.2 Å². The van der Waals surface area contributed by atoms with Gasteiger partial charge in [0.15, 0.2) is 11.6 Å². The zero-order chi connectivity index (χ0) is 14.7. The molecule has 0 aromatic heterocycles. The second kappa shape index (κ2) is 6.84. The summed E-state index contributed by atoms with van der Waals surface area (Å²) >= 11 is 0. The number of halogens is 2. The van der Waals surface area contributed by atoms with Gasteiger partial charge in [-0.15, -0.1) is 0 Å². The van der Waals surface area contributed by atoms with Gasteiger partial charge in [-0.3, -0.25) is 4.90 Å². The first-order valence-electron chi connectivity index (χ1n) is 8.09. The van der Waals surface area contributed by atoms with Crippen LogP contribution in [0.5, 0.6) is 0 Å². The van der Waals surface area contributed by atoms with Crippen LogP contribution in [0, 0.1) is 23.5 Å². The Bertz CT molecular complexity index is 464. The average molecular weight is 294 g/mol. The zero-order valence-corrected chi connectivity index (χ0v) is 12.5. The van der Waals surface area contributed by atoms with Crippen molar-refractivity contribution in [1.82, 2.24) is 10.2 Å². The zero-order valence-electron chi connectivity index (χ0n) is 12.5. The summed E-state index contributed by atoms with van der Waals surface area (Å²) in [4.78, 5) is 2.37. The largest absolute Gasteiger partial charge is 0.317 e. The van der Waals surface area contributed by atoms with Crippen LogP contribution in [0.15, 0.2) is 18.2 Å². The molecule has 2 aliphatic rings. The Morgan fingerprint density at radius 1 is 0.952 bits per heavy atom. The second-order valence-electron chi connectivity index (χ2n) is 6.45. The summed E-state index contributed by atoms with van der Waals surface area (Å²) in [5, 5.41) is 3.43. The van der Waals surface area contributed by atoms with Gasteiger partial charge < -0.3 is 5.32 Å². The highest BCUT2D eigenvalue weighted by atomic mass is 19.2. The lowest BCUT2D eigenvalue weighted by atomic mass is 9.79. The molecule has 2 saturated heterocycles. The van der Waals surface area contributed by atoms with Crippen LogP contribution in [-0.2, 0) is 6.54 Å². The fraction of sp³-hybridized carbons (Fsp3) is 0.647. The minimum atomic E-state index is -0.761. The molecule has 2 aliphatic heterocycles. The molecule has 2 nitrogen and oxygen atoms in total. The van der Waals surface area contributed by atoms with Crippen molar-refractivity contribution in [3.8, 4) is 0 Å². The number of rotatable bonds is 3. The molecule has 0 atom stereocenters. The standard InChI is InChI=1S/C17H24F2N2/c18-16-2-1-13(11-17(16)19)12-21-9-5-15(6-10-21)14-3-7-20-8-4-14/h1-2,11,14-15,20H,3-10,12H2. The Kier molecular flexibility index (Phi) is 4.86. The van der Waals surface area contributed by atoms with Gasteiger partial charge in [0.25, 0.3) is 0 Å². The van der Waals surface area contributed by atoms with Gasteiger partial charge in [-0.05, 0) is 81.4 Å². The Morgan fingerprint density at radius 2 is 1.62 bits per heavy atom. The maximum absolute atomic E-state index is 13.2. The molecule has 0 bridgehead atoms. The molecular weight excluding hydrogens is 270 g/mol.